The number of likely N-dealkylation sites (N-methyl/N-ethyl adjacent to an activating group) is 1. The van der Waals surface area contributed by atoms with E-state index in [0.717, 1.165) is 77.8 Å². The zero-order chi connectivity index (χ0) is 26.4. The summed E-state index contributed by atoms with van der Waals surface area (Å²) >= 11 is 0. The molecule has 0 saturated carbocycles. The van der Waals surface area contributed by atoms with Gasteiger partial charge in [-0.15, -0.1) is 0 Å². The Labute approximate surface area is 217 Å². The predicted molar refractivity (Wildman–Crippen MR) is 155 cm³/mol. The Morgan fingerprint density at radius 1 is 1.22 bits per heavy atom. The molecule has 2 heterocycles. The first-order chi connectivity index (χ1) is 17.2. The fourth-order valence-electron chi connectivity index (χ4n) is 4.50. The fourth-order valence-corrected chi connectivity index (χ4v) is 4.50. The SMILES string of the molecule is C=C/C=C1/N=C(C(=C)NCC2=CCC3=C(C=C2)CCN(/C(C)=C(\N)C(=C)CC)C3)C=C(C(=C)C)N1C. The van der Waals surface area contributed by atoms with E-state index < -0.39 is 0 Å². The molecule has 3 aliphatic rings. The second-order valence-corrected chi connectivity index (χ2v) is 9.53. The first-order valence-electron chi connectivity index (χ1n) is 12.6. The first kappa shape index (κ1) is 26.9. The Kier molecular flexibility index (Phi) is 8.81. The summed E-state index contributed by atoms with van der Waals surface area (Å²) in [6.45, 7) is 25.1. The van der Waals surface area contributed by atoms with Crippen LogP contribution in [0.15, 0.2) is 124 Å². The van der Waals surface area contributed by atoms with Gasteiger partial charge in [-0.2, -0.15) is 0 Å². The van der Waals surface area contributed by atoms with Crippen LogP contribution in [0.5, 0.6) is 0 Å². The van der Waals surface area contributed by atoms with Crippen LogP contribution in [0.3, 0.4) is 0 Å². The Morgan fingerprint density at radius 2 is 1.97 bits per heavy atom. The zero-order valence-corrected chi connectivity index (χ0v) is 22.5. The number of nitrogens with zero attached hydrogens (tertiary/aromatic N) is 3. The zero-order valence-electron chi connectivity index (χ0n) is 22.5. The summed E-state index contributed by atoms with van der Waals surface area (Å²) in [5.74, 6) is 0.811. The lowest BCUT2D eigenvalue weighted by Crippen LogP contribution is -2.32. The Morgan fingerprint density at radius 3 is 2.64 bits per heavy atom. The molecule has 3 N–H and O–H groups in total. The lowest BCUT2D eigenvalue weighted by molar-refractivity contribution is 0.354. The molecule has 5 heteroatoms. The molecule has 3 rings (SSSR count). The molecule has 0 aromatic carbocycles. The molecule has 0 amide bonds. The largest absolute Gasteiger partial charge is 0.397 e. The minimum Gasteiger partial charge on any atom is -0.397 e. The summed E-state index contributed by atoms with van der Waals surface area (Å²) in [6, 6.07) is 0. The van der Waals surface area contributed by atoms with E-state index >= 15 is 0 Å². The van der Waals surface area contributed by atoms with Gasteiger partial charge >= 0.3 is 0 Å². The van der Waals surface area contributed by atoms with Crippen LogP contribution in [0.1, 0.15) is 40.0 Å². The number of aliphatic imine (C=N–C) groups is 1. The molecule has 5 nitrogen and oxygen atoms in total. The van der Waals surface area contributed by atoms with E-state index in [2.05, 4.69) is 68.6 Å². The topological polar surface area (TPSA) is 56.9 Å². The van der Waals surface area contributed by atoms with Crippen LogP contribution in [-0.4, -0.2) is 42.2 Å². The van der Waals surface area contributed by atoms with Crippen LogP contribution in [0.4, 0.5) is 0 Å². The highest BCUT2D eigenvalue weighted by molar-refractivity contribution is 6.09. The summed E-state index contributed by atoms with van der Waals surface area (Å²) in [6.07, 6.45) is 15.3. The van der Waals surface area contributed by atoms with Gasteiger partial charge in [0.25, 0.3) is 0 Å². The van der Waals surface area contributed by atoms with Crippen LogP contribution in [-0.2, 0) is 0 Å². The van der Waals surface area contributed by atoms with Crippen molar-refractivity contribution >= 4 is 5.71 Å². The molecular weight excluding hydrogens is 442 g/mol. The average Bonchev–Trinajstić information content (AvgIpc) is 3.08. The second-order valence-electron chi connectivity index (χ2n) is 9.53. The van der Waals surface area contributed by atoms with E-state index in [-0.39, 0.29) is 0 Å². The van der Waals surface area contributed by atoms with E-state index in [4.69, 9.17) is 10.7 Å². The monoisotopic (exact) mass is 483 g/mol. The maximum Gasteiger partial charge on any atom is 0.133 e. The quantitative estimate of drug-likeness (QED) is 0.395. The average molecular weight is 484 g/mol. The number of nitrogens with one attached hydrogen (secondary N) is 1. The summed E-state index contributed by atoms with van der Waals surface area (Å²) in [5, 5.41) is 3.48. The molecule has 0 spiro atoms. The molecule has 0 aromatic rings. The lowest BCUT2D eigenvalue weighted by atomic mass is 9.97. The van der Waals surface area contributed by atoms with Crippen molar-refractivity contribution in [1.82, 2.24) is 15.1 Å². The van der Waals surface area contributed by atoms with E-state index in [1.165, 1.54) is 16.7 Å². The molecule has 0 fully saturated rings. The highest BCUT2D eigenvalue weighted by atomic mass is 15.2. The van der Waals surface area contributed by atoms with Gasteiger partial charge in [-0.1, -0.05) is 57.5 Å². The highest BCUT2D eigenvalue weighted by Crippen LogP contribution is 2.29. The van der Waals surface area contributed by atoms with Crippen molar-refractivity contribution in [3.05, 3.63) is 119 Å². The second kappa shape index (κ2) is 11.8. The minimum atomic E-state index is 0.688. The number of allylic oxidation sites excluding steroid dienone is 8. The standard InChI is InChI=1S/C31H41N5/c1-9-11-30-34-28(18-29(21(3)4)35(30)8)23(6)33-19-25-12-14-26-16-17-36(20-27(26)15-13-25)24(7)31(32)22(5)10-2/h9,11-14,18,33H,1,3,5-6,10,15-17,19-20,32H2,2,4,7-8H3/b30-11-,31-24-. The van der Waals surface area contributed by atoms with E-state index in [9.17, 15) is 0 Å². The maximum atomic E-state index is 6.36. The van der Waals surface area contributed by atoms with Crippen molar-refractivity contribution in [3.8, 4) is 0 Å². The van der Waals surface area contributed by atoms with Crippen LogP contribution in [0.25, 0.3) is 0 Å². The Balaban J connectivity index is 1.67. The van der Waals surface area contributed by atoms with Gasteiger partial charge in [0.05, 0.1) is 17.1 Å². The molecule has 0 atom stereocenters. The van der Waals surface area contributed by atoms with E-state index in [0.29, 0.717) is 6.54 Å². The summed E-state index contributed by atoms with van der Waals surface area (Å²) in [5.41, 5.74) is 17.0. The van der Waals surface area contributed by atoms with Gasteiger partial charge in [0.1, 0.15) is 5.82 Å². The first-order valence-corrected chi connectivity index (χ1v) is 12.6. The molecule has 0 saturated heterocycles. The number of hydrogen-bond acceptors (Lipinski definition) is 5. The number of hydrogen-bond donors (Lipinski definition) is 2. The Hall–Kier alpha value is -3.73. The lowest BCUT2D eigenvalue weighted by Gasteiger charge is -2.33. The van der Waals surface area contributed by atoms with Gasteiger partial charge in [-0.25, -0.2) is 4.99 Å². The summed E-state index contributed by atoms with van der Waals surface area (Å²) < 4.78 is 0. The van der Waals surface area contributed by atoms with E-state index in [1.54, 1.807) is 6.08 Å². The Bertz CT molecular complexity index is 1180. The molecular formula is C31H41N5. The van der Waals surface area contributed by atoms with Crippen LogP contribution < -0.4 is 11.1 Å². The molecule has 0 radical (unpaired) electrons. The van der Waals surface area contributed by atoms with Gasteiger partial charge in [-0.05, 0) is 73.1 Å². The minimum absolute atomic E-state index is 0.688. The smallest absolute Gasteiger partial charge is 0.133 e. The van der Waals surface area contributed by atoms with Crippen molar-refractivity contribution in [2.24, 2.45) is 10.7 Å². The van der Waals surface area contributed by atoms with Gasteiger partial charge < -0.3 is 20.9 Å². The van der Waals surface area contributed by atoms with E-state index in [1.807, 2.05) is 31.0 Å². The predicted octanol–water partition coefficient (Wildman–Crippen LogP) is 6.01. The van der Waals surface area contributed by atoms with Gasteiger partial charge in [0.2, 0.25) is 0 Å². The van der Waals surface area contributed by atoms with Crippen molar-refractivity contribution in [2.45, 2.75) is 40.0 Å². The fraction of sp³-hybridized carbons (Fsp3) is 0.323. The normalized spacial score (nSPS) is 19.6. The van der Waals surface area contributed by atoms with Gasteiger partial charge in [0.15, 0.2) is 0 Å². The van der Waals surface area contributed by atoms with Gasteiger partial charge in [0, 0.05) is 38.1 Å². The van der Waals surface area contributed by atoms with Crippen LogP contribution >= 0.6 is 0 Å². The third kappa shape index (κ3) is 6.09. The third-order valence-corrected chi connectivity index (χ3v) is 7.00. The highest BCUT2D eigenvalue weighted by Gasteiger charge is 2.21. The molecule has 2 aliphatic heterocycles. The third-order valence-electron chi connectivity index (χ3n) is 7.00. The summed E-state index contributed by atoms with van der Waals surface area (Å²) in [4.78, 5) is 9.17. The molecule has 1 aliphatic carbocycles. The van der Waals surface area contributed by atoms with Crippen LogP contribution in [0, 0.1) is 0 Å². The maximum absolute atomic E-state index is 6.36. The molecule has 0 bridgehead atoms. The van der Waals surface area contributed by atoms with Crippen LogP contribution in [0.2, 0.25) is 0 Å². The van der Waals surface area contributed by atoms with Crippen molar-refractivity contribution in [3.63, 3.8) is 0 Å². The number of nitrogens with two attached hydrogens (primary N) is 1. The summed E-state index contributed by atoms with van der Waals surface area (Å²) in [7, 11) is 1.98. The van der Waals surface area contributed by atoms with Crippen molar-refractivity contribution in [2.75, 3.05) is 26.7 Å². The van der Waals surface area contributed by atoms with Gasteiger partial charge in [-0.3, -0.25) is 0 Å². The molecule has 0 unspecified atom stereocenters. The van der Waals surface area contributed by atoms with Crippen molar-refractivity contribution in [1.29, 1.82) is 0 Å². The molecule has 36 heavy (non-hydrogen) atoms. The van der Waals surface area contributed by atoms with Crippen molar-refractivity contribution < 1.29 is 0 Å². The molecule has 190 valence electrons. The number of rotatable bonds is 9. The molecule has 0 aromatic heterocycles.